The number of para-hydroxylation sites is 2. The van der Waals surface area contributed by atoms with Gasteiger partial charge in [0.1, 0.15) is 5.82 Å². The summed E-state index contributed by atoms with van der Waals surface area (Å²) in [5.74, 6) is 1.42. The molecule has 1 heterocycles. The van der Waals surface area contributed by atoms with Gasteiger partial charge in [-0.3, -0.25) is 0 Å². The first-order valence-electron chi connectivity index (χ1n) is 7.32. The standard InChI is InChI=1S/C16H25N3O/c1-5-20-16(11(2)3)12(17)10-15-18-13-8-6-7-9-14(13)19(15)4/h6-9,11-12,16H,5,10,17H2,1-4H3. The van der Waals surface area contributed by atoms with Crippen molar-refractivity contribution in [3.8, 4) is 0 Å². The highest BCUT2D eigenvalue weighted by Gasteiger charge is 2.23. The zero-order valence-electron chi connectivity index (χ0n) is 12.8. The Morgan fingerprint density at radius 1 is 1.30 bits per heavy atom. The van der Waals surface area contributed by atoms with Crippen molar-refractivity contribution < 1.29 is 4.74 Å². The van der Waals surface area contributed by atoms with Crippen molar-refractivity contribution in [2.75, 3.05) is 6.61 Å². The van der Waals surface area contributed by atoms with Crippen LogP contribution in [0.4, 0.5) is 0 Å². The molecule has 2 atom stereocenters. The molecule has 0 spiro atoms. The van der Waals surface area contributed by atoms with Crippen molar-refractivity contribution in [3.63, 3.8) is 0 Å². The summed E-state index contributed by atoms with van der Waals surface area (Å²) in [6.07, 6.45) is 0.799. The van der Waals surface area contributed by atoms with Crippen molar-refractivity contribution in [3.05, 3.63) is 30.1 Å². The number of nitrogens with two attached hydrogens (primary N) is 1. The number of imidazole rings is 1. The van der Waals surface area contributed by atoms with Gasteiger partial charge in [0.05, 0.1) is 17.1 Å². The van der Waals surface area contributed by atoms with E-state index in [1.165, 1.54) is 0 Å². The maximum atomic E-state index is 6.35. The number of rotatable bonds is 6. The average molecular weight is 275 g/mol. The lowest BCUT2D eigenvalue weighted by Crippen LogP contribution is -2.42. The molecule has 0 aliphatic rings. The second-order valence-electron chi connectivity index (χ2n) is 5.61. The second kappa shape index (κ2) is 6.37. The second-order valence-corrected chi connectivity index (χ2v) is 5.61. The van der Waals surface area contributed by atoms with E-state index < -0.39 is 0 Å². The van der Waals surface area contributed by atoms with Crippen molar-refractivity contribution in [2.45, 2.75) is 39.3 Å². The van der Waals surface area contributed by atoms with Gasteiger partial charge in [-0.2, -0.15) is 0 Å². The van der Waals surface area contributed by atoms with Crippen molar-refractivity contribution in [1.82, 2.24) is 9.55 Å². The summed E-state index contributed by atoms with van der Waals surface area (Å²) >= 11 is 0. The van der Waals surface area contributed by atoms with Crippen LogP contribution in [0.15, 0.2) is 24.3 Å². The monoisotopic (exact) mass is 275 g/mol. The Morgan fingerprint density at radius 2 is 2.00 bits per heavy atom. The minimum atomic E-state index is -0.0366. The first-order valence-corrected chi connectivity index (χ1v) is 7.32. The van der Waals surface area contributed by atoms with E-state index in [0.717, 1.165) is 23.3 Å². The Bertz CT molecular complexity index is 562. The highest BCUT2D eigenvalue weighted by Crippen LogP contribution is 2.18. The fraction of sp³-hybridized carbons (Fsp3) is 0.562. The van der Waals surface area contributed by atoms with Crippen LogP contribution in [0.3, 0.4) is 0 Å². The third-order valence-electron chi connectivity index (χ3n) is 3.74. The van der Waals surface area contributed by atoms with Gasteiger partial charge in [0, 0.05) is 26.1 Å². The van der Waals surface area contributed by atoms with Crippen molar-refractivity contribution in [1.29, 1.82) is 0 Å². The van der Waals surface area contributed by atoms with E-state index >= 15 is 0 Å². The van der Waals surface area contributed by atoms with Crippen LogP contribution in [-0.4, -0.2) is 28.3 Å². The van der Waals surface area contributed by atoms with Gasteiger partial charge < -0.3 is 15.0 Å². The van der Waals surface area contributed by atoms with E-state index in [2.05, 4.69) is 29.5 Å². The van der Waals surface area contributed by atoms with E-state index in [1.54, 1.807) is 0 Å². The summed E-state index contributed by atoms with van der Waals surface area (Å²) < 4.78 is 7.91. The molecule has 0 aliphatic carbocycles. The SMILES string of the molecule is CCOC(C(C)C)C(N)Cc1nc2ccccc2n1C. The molecule has 1 aromatic carbocycles. The van der Waals surface area contributed by atoms with E-state index in [1.807, 2.05) is 32.2 Å². The topological polar surface area (TPSA) is 53.1 Å². The smallest absolute Gasteiger partial charge is 0.111 e. The van der Waals surface area contributed by atoms with Crippen molar-refractivity contribution in [2.24, 2.45) is 18.7 Å². The Kier molecular flexibility index (Phi) is 4.78. The van der Waals surface area contributed by atoms with Gasteiger partial charge in [-0.1, -0.05) is 26.0 Å². The first kappa shape index (κ1) is 15.0. The van der Waals surface area contributed by atoms with E-state index in [0.29, 0.717) is 12.5 Å². The zero-order chi connectivity index (χ0) is 14.7. The minimum absolute atomic E-state index is 0.0366. The van der Waals surface area contributed by atoms with Gasteiger partial charge in [0.25, 0.3) is 0 Å². The van der Waals surface area contributed by atoms with Crippen LogP contribution in [0.2, 0.25) is 0 Å². The molecule has 2 N–H and O–H groups in total. The highest BCUT2D eigenvalue weighted by molar-refractivity contribution is 5.75. The Morgan fingerprint density at radius 3 is 2.60 bits per heavy atom. The molecule has 0 saturated carbocycles. The third kappa shape index (κ3) is 3.02. The lowest BCUT2D eigenvalue weighted by Gasteiger charge is -2.27. The van der Waals surface area contributed by atoms with Crippen LogP contribution in [0, 0.1) is 5.92 Å². The van der Waals surface area contributed by atoms with Gasteiger partial charge >= 0.3 is 0 Å². The number of aryl methyl sites for hydroxylation is 1. The number of hydrogen-bond acceptors (Lipinski definition) is 3. The summed E-state index contributed by atoms with van der Waals surface area (Å²) in [6.45, 7) is 7.00. The molecule has 0 fully saturated rings. The van der Waals surface area contributed by atoms with Crippen LogP contribution >= 0.6 is 0 Å². The minimum Gasteiger partial charge on any atom is -0.377 e. The van der Waals surface area contributed by atoms with Gasteiger partial charge in [-0.05, 0) is 25.0 Å². The molecule has 4 nitrogen and oxygen atoms in total. The predicted octanol–water partition coefficient (Wildman–Crippen LogP) is 2.50. The first-order chi connectivity index (χ1) is 9.54. The molecule has 2 aromatic rings. The number of aromatic nitrogens is 2. The molecule has 4 heteroatoms. The largest absolute Gasteiger partial charge is 0.377 e. The molecule has 110 valence electrons. The summed E-state index contributed by atoms with van der Waals surface area (Å²) in [4.78, 5) is 4.68. The van der Waals surface area contributed by atoms with E-state index in [9.17, 15) is 0 Å². The molecule has 0 bridgehead atoms. The zero-order valence-corrected chi connectivity index (χ0v) is 12.8. The molecule has 0 amide bonds. The molecule has 0 saturated heterocycles. The van der Waals surface area contributed by atoms with E-state index in [-0.39, 0.29) is 12.1 Å². The summed E-state index contributed by atoms with van der Waals surface area (Å²) in [5.41, 5.74) is 8.52. The molecule has 20 heavy (non-hydrogen) atoms. The van der Waals surface area contributed by atoms with Gasteiger partial charge in [-0.15, -0.1) is 0 Å². The summed E-state index contributed by atoms with van der Waals surface area (Å²) in [5, 5.41) is 0. The normalized spacial score (nSPS) is 14.9. The molecular formula is C16H25N3O. The maximum absolute atomic E-state index is 6.35. The van der Waals surface area contributed by atoms with Gasteiger partial charge in [0.2, 0.25) is 0 Å². The molecule has 2 rings (SSSR count). The molecular weight excluding hydrogens is 250 g/mol. The fourth-order valence-electron chi connectivity index (χ4n) is 2.71. The Labute approximate surface area is 120 Å². The quantitative estimate of drug-likeness (QED) is 0.881. The maximum Gasteiger partial charge on any atom is 0.111 e. The lowest BCUT2D eigenvalue weighted by atomic mass is 9.97. The number of benzene rings is 1. The fourth-order valence-corrected chi connectivity index (χ4v) is 2.71. The van der Waals surface area contributed by atoms with Crippen LogP contribution < -0.4 is 5.73 Å². The number of hydrogen-bond donors (Lipinski definition) is 1. The van der Waals surface area contributed by atoms with E-state index in [4.69, 9.17) is 10.5 Å². The van der Waals surface area contributed by atoms with Crippen molar-refractivity contribution >= 4 is 11.0 Å². The third-order valence-corrected chi connectivity index (χ3v) is 3.74. The summed E-state index contributed by atoms with van der Waals surface area (Å²) in [6, 6.07) is 8.12. The number of nitrogens with zero attached hydrogens (tertiary/aromatic N) is 2. The van der Waals surface area contributed by atoms with Crippen LogP contribution in [0.5, 0.6) is 0 Å². The van der Waals surface area contributed by atoms with Gasteiger partial charge in [-0.25, -0.2) is 4.98 Å². The predicted molar refractivity (Wildman–Crippen MR) is 82.6 cm³/mol. The number of ether oxygens (including phenoxy) is 1. The lowest BCUT2D eigenvalue weighted by molar-refractivity contribution is 0.0123. The number of fused-ring (bicyclic) bond motifs is 1. The van der Waals surface area contributed by atoms with Crippen LogP contribution in [0.1, 0.15) is 26.6 Å². The Balaban J connectivity index is 2.20. The summed E-state index contributed by atoms with van der Waals surface area (Å²) in [7, 11) is 2.04. The highest BCUT2D eigenvalue weighted by atomic mass is 16.5. The Hall–Kier alpha value is -1.39. The van der Waals surface area contributed by atoms with Gasteiger partial charge in [0.15, 0.2) is 0 Å². The average Bonchev–Trinajstić information content (AvgIpc) is 2.73. The molecule has 0 aliphatic heterocycles. The molecule has 2 unspecified atom stereocenters. The van der Waals surface area contributed by atoms with Crippen LogP contribution in [-0.2, 0) is 18.2 Å². The molecule has 0 radical (unpaired) electrons. The van der Waals surface area contributed by atoms with Crippen LogP contribution in [0.25, 0.3) is 11.0 Å². The molecule has 1 aromatic heterocycles.